The van der Waals surface area contributed by atoms with E-state index >= 15 is 0 Å². The molecule has 1 aromatic rings. The molecule has 4 heteroatoms. The Morgan fingerprint density at radius 2 is 2.33 bits per heavy atom. The third-order valence-electron chi connectivity index (χ3n) is 3.17. The Bertz CT molecular complexity index is 305. The van der Waals surface area contributed by atoms with Gasteiger partial charge in [-0.1, -0.05) is 6.92 Å². The predicted octanol–water partition coefficient (Wildman–Crippen LogP) is 1.14. The van der Waals surface area contributed by atoms with E-state index in [-0.39, 0.29) is 0 Å². The molecule has 1 rings (SSSR count). The zero-order valence-electron chi connectivity index (χ0n) is 9.90. The molecule has 4 nitrogen and oxygen atoms in total. The maximum Gasteiger partial charge on any atom is 0.111 e. The van der Waals surface area contributed by atoms with Crippen molar-refractivity contribution in [1.29, 1.82) is 0 Å². The van der Waals surface area contributed by atoms with Gasteiger partial charge in [0, 0.05) is 33.0 Å². The van der Waals surface area contributed by atoms with Gasteiger partial charge in [-0.15, -0.1) is 0 Å². The summed E-state index contributed by atoms with van der Waals surface area (Å²) in [5.41, 5.74) is -0.494. The fourth-order valence-electron chi connectivity index (χ4n) is 1.50. The Hall–Kier alpha value is -0.870. The number of nitrogens with zero attached hydrogens (tertiary/aromatic N) is 2. The fourth-order valence-corrected chi connectivity index (χ4v) is 1.50. The van der Waals surface area contributed by atoms with Crippen LogP contribution in [0.25, 0.3) is 0 Å². The largest absolute Gasteiger partial charge is 0.390 e. The van der Waals surface area contributed by atoms with Crippen LogP contribution in [0.5, 0.6) is 0 Å². The van der Waals surface area contributed by atoms with Crippen LogP contribution in [-0.4, -0.2) is 33.5 Å². The van der Waals surface area contributed by atoms with Crippen LogP contribution in [-0.2, 0) is 18.2 Å². The van der Waals surface area contributed by atoms with Gasteiger partial charge in [-0.05, 0) is 13.3 Å². The first kappa shape index (κ1) is 12.2. The molecule has 1 heterocycles. The third-order valence-corrected chi connectivity index (χ3v) is 3.17. The number of aryl methyl sites for hydroxylation is 1. The van der Waals surface area contributed by atoms with Gasteiger partial charge in [0.2, 0.25) is 0 Å². The van der Waals surface area contributed by atoms with E-state index in [1.165, 1.54) is 0 Å². The second-order valence-electron chi connectivity index (χ2n) is 4.04. The maximum absolute atomic E-state index is 10.1. The lowest BCUT2D eigenvalue weighted by molar-refractivity contribution is -0.0922. The molecule has 0 amide bonds. The van der Waals surface area contributed by atoms with Gasteiger partial charge in [0.25, 0.3) is 0 Å². The highest BCUT2D eigenvalue weighted by Gasteiger charge is 2.31. The van der Waals surface area contributed by atoms with Gasteiger partial charge in [-0.3, -0.25) is 0 Å². The molecule has 0 aromatic carbocycles. The topological polar surface area (TPSA) is 47.3 Å². The maximum atomic E-state index is 10.1. The minimum absolute atomic E-state index is 0.494. The van der Waals surface area contributed by atoms with E-state index in [1.54, 1.807) is 13.3 Å². The molecule has 0 saturated heterocycles. The molecule has 86 valence electrons. The summed E-state index contributed by atoms with van der Waals surface area (Å²) >= 11 is 0. The van der Waals surface area contributed by atoms with E-state index in [0.717, 1.165) is 12.2 Å². The Morgan fingerprint density at radius 1 is 1.67 bits per heavy atom. The van der Waals surface area contributed by atoms with Crippen LogP contribution in [0, 0.1) is 0 Å². The first-order valence-electron chi connectivity index (χ1n) is 5.23. The molecule has 0 aliphatic heterocycles. The normalized spacial score (nSPS) is 17.4. The fraction of sp³-hybridized carbons (Fsp3) is 0.727. The smallest absolute Gasteiger partial charge is 0.111 e. The molecule has 2 unspecified atom stereocenters. The van der Waals surface area contributed by atoms with Crippen molar-refractivity contribution >= 4 is 0 Å². The third kappa shape index (κ3) is 2.58. The molecule has 1 N–H and O–H groups in total. The molecule has 0 saturated carbocycles. The van der Waals surface area contributed by atoms with E-state index in [1.807, 2.05) is 31.7 Å². The molecular formula is C11H20N2O2. The lowest BCUT2D eigenvalue weighted by atomic mass is 9.93. The summed E-state index contributed by atoms with van der Waals surface area (Å²) in [6.07, 6.45) is 4.36. The highest BCUT2D eigenvalue weighted by molar-refractivity contribution is 4.97. The van der Waals surface area contributed by atoms with E-state index in [9.17, 15) is 5.11 Å². The number of rotatable bonds is 5. The van der Waals surface area contributed by atoms with Crippen molar-refractivity contribution in [2.24, 2.45) is 7.05 Å². The predicted molar refractivity (Wildman–Crippen MR) is 58.6 cm³/mol. The van der Waals surface area contributed by atoms with Crippen molar-refractivity contribution in [3.05, 3.63) is 18.2 Å². The van der Waals surface area contributed by atoms with E-state index < -0.39 is 11.7 Å². The Morgan fingerprint density at radius 3 is 2.73 bits per heavy atom. The molecule has 0 radical (unpaired) electrons. The molecule has 0 aliphatic rings. The van der Waals surface area contributed by atoms with Crippen LogP contribution < -0.4 is 0 Å². The van der Waals surface area contributed by atoms with E-state index in [2.05, 4.69) is 4.98 Å². The number of ether oxygens (including phenoxy) is 1. The van der Waals surface area contributed by atoms with Crippen molar-refractivity contribution in [3.8, 4) is 0 Å². The number of hydrogen-bond acceptors (Lipinski definition) is 3. The summed E-state index contributed by atoms with van der Waals surface area (Å²) in [6, 6.07) is 0. The molecule has 15 heavy (non-hydrogen) atoms. The Labute approximate surface area is 90.9 Å². The number of hydrogen-bond donors (Lipinski definition) is 1. The van der Waals surface area contributed by atoms with Gasteiger partial charge in [0.1, 0.15) is 5.82 Å². The van der Waals surface area contributed by atoms with Crippen LogP contribution in [0.1, 0.15) is 26.1 Å². The Kier molecular flexibility index (Phi) is 3.88. The molecule has 0 aliphatic carbocycles. The summed E-state index contributed by atoms with van der Waals surface area (Å²) in [7, 11) is 3.55. The monoisotopic (exact) mass is 212 g/mol. The Balaban J connectivity index is 2.70. The molecule has 1 aromatic heterocycles. The highest BCUT2D eigenvalue weighted by atomic mass is 16.5. The standard InChI is InChI=1S/C11H20N2O2/c1-5-11(2,15-4)9(14)8-10-12-6-7-13(10)3/h6-7,9,14H,5,8H2,1-4H3. The average Bonchev–Trinajstić information content (AvgIpc) is 2.63. The van der Waals surface area contributed by atoms with Crippen molar-refractivity contribution in [3.63, 3.8) is 0 Å². The first-order valence-corrected chi connectivity index (χ1v) is 5.23. The highest BCUT2D eigenvalue weighted by Crippen LogP contribution is 2.21. The minimum Gasteiger partial charge on any atom is -0.390 e. The van der Waals surface area contributed by atoms with Gasteiger partial charge >= 0.3 is 0 Å². The summed E-state index contributed by atoms with van der Waals surface area (Å²) in [5.74, 6) is 0.874. The van der Waals surface area contributed by atoms with E-state index in [0.29, 0.717) is 6.42 Å². The van der Waals surface area contributed by atoms with Crippen molar-refractivity contribution < 1.29 is 9.84 Å². The van der Waals surface area contributed by atoms with Crippen LogP contribution in [0.4, 0.5) is 0 Å². The van der Waals surface area contributed by atoms with Crippen LogP contribution in [0.3, 0.4) is 0 Å². The van der Waals surface area contributed by atoms with Crippen molar-refractivity contribution in [2.45, 2.75) is 38.4 Å². The number of imidazole rings is 1. The van der Waals surface area contributed by atoms with Gasteiger partial charge in [0.15, 0.2) is 0 Å². The molecule has 2 atom stereocenters. The lowest BCUT2D eigenvalue weighted by Gasteiger charge is -2.31. The number of aromatic nitrogens is 2. The number of aliphatic hydroxyl groups excluding tert-OH is 1. The SMILES string of the molecule is CCC(C)(OC)C(O)Cc1nccn1C. The zero-order chi connectivity index (χ0) is 11.5. The van der Waals surface area contributed by atoms with Gasteiger partial charge in [-0.25, -0.2) is 4.98 Å². The quantitative estimate of drug-likeness (QED) is 0.796. The lowest BCUT2D eigenvalue weighted by Crippen LogP contribution is -2.42. The molecular weight excluding hydrogens is 192 g/mol. The minimum atomic E-state index is -0.534. The van der Waals surface area contributed by atoms with Crippen molar-refractivity contribution in [1.82, 2.24) is 9.55 Å². The summed E-state index contributed by atoms with van der Waals surface area (Å²) < 4.78 is 7.26. The molecule has 0 fully saturated rings. The summed E-state index contributed by atoms with van der Waals surface area (Å²) in [6.45, 7) is 3.92. The van der Waals surface area contributed by atoms with Crippen molar-refractivity contribution in [2.75, 3.05) is 7.11 Å². The zero-order valence-corrected chi connectivity index (χ0v) is 9.90. The van der Waals surface area contributed by atoms with Gasteiger partial charge in [0.05, 0.1) is 11.7 Å². The van der Waals surface area contributed by atoms with Crippen LogP contribution >= 0.6 is 0 Å². The summed E-state index contributed by atoms with van der Waals surface area (Å²) in [5, 5.41) is 10.1. The summed E-state index contributed by atoms with van der Waals surface area (Å²) in [4.78, 5) is 4.19. The van der Waals surface area contributed by atoms with Crippen LogP contribution in [0.15, 0.2) is 12.4 Å². The average molecular weight is 212 g/mol. The second-order valence-corrected chi connectivity index (χ2v) is 4.04. The number of methoxy groups -OCH3 is 1. The van der Waals surface area contributed by atoms with E-state index in [4.69, 9.17) is 4.74 Å². The number of aliphatic hydroxyl groups is 1. The molecule has 0 bridgehead atoms. The second kappa shape index (κ2) is 4.77. The van der Waals surface area contributed by atoms with Gasteiger partial charge < -0.3 is 14.4 Å². The molecule has 0 spiro atoms. The first-order chi connectivity index (χ1) is 7.03. The van der Waals surface area contributed by atoms with Gasteiger partial charge in [-0.2, -0.15) is 0 Å². The van der Waals surface area contributed by atoms with Crippen LogP contribution in [0.2, 0.25) is 0 Å².